The van der Waals surface area contributed by atoms with Crippen LogP contribution in [0.15, 0.2) is 29.5 Å². The Balaban J connectivity index is 2.74. The second-order valence-electron chi connectivity index (χ2n) is 3.50. The van der Waals surface area contributed by atoms with E-state index >= 15 is 0 Å². The molecule has 0 saturated heterocycles. The van der Waals surface area contributed by atoms with Crippen LogP contribution in [0.1, 0.15) is 19.5 Å². The lowest BCUT2D eigenvalue weighted by atomic mass is 10.00. The number of hydrogen-bond acceptors (Lipinski definition) is 2. The van der Waals surface area contributed by atoms with Gasteiger partial charge in [0.05, 0.1) is 0 Å². The molecule has 68 valence electrons. The van der Waals surface area contributed by atoms with Crippen LogP contribution in [0.2, 0.25) is 0 Å². The maximum atomic E-state index is 8.32. The van der Waals surface area contributed by atoms with Gasteiger partial charge in [-0.05, 0) is 17.7 Å². The molecule has 0 spiro atoms. The molecule has 0 aliphatic carbocycles. The third kappa shape index (κ3) is 3.13. The van der Waals surface area contributed by atoms with Crippen molar-refractivity contribution in [3.05, 3.63) is 40.5 Å². The predicted molar refractivity (Wildman–Crippen MR) is 51.2 cm³/mol. The molecule has 1 heterocycles. The summed E-state index contributed by atoms with van der Waals surface area (Å²) in [6, 6.07) is 5.72. The van der Waals surface area contributed by atoms with Gasteiger partial charge in [0.15, 0.2) is 0 Å². The molecule has 0 amide bonds. The number of nitrogens with zero attached hydrogens (tertiary/aromatic N) is 4. The van der Waals surface area contributed by atoms with Crippen molar-refractivity contribution in [1.29, 1.82) is 0 Å². The Morgan fingerprint density at radius 1 is 1.54 bits per heavy atom. The molecule has 4 nitrogen and oxygen atoms in total. The zero-order chi connectivity index (χ0) is 9.73. The third-order valence-corrected chi connectivity index (χ3v) is 1.66. The van der Waals surface area contributed by atoms with Crippen molar-refractivity contribution in [2.24, 2.45) is 5.11 Å². The van der Waals surface area contributed by atoms with Crippen molar-refractivity contribution in [2.45, 2.75) is 25.8 Å². The highest BCUT2D eigenvalue weighted by atomic mass is 15.2. The molecule has 0 fully saturated rings. The Labute approximate surface area is 77.2 Å². The lowest BCUT2D eigenvalue weighted by molar-refractivity contribution is 0.507. The predicted octanol–water partition coefficient (Wildman–Crippen LogP) is 2.71. The van der Waals surface area contributed by atoms with Crippen LogP contribution in [0, 0.1) is 0 Å². The largest absolute Gasteiger partial charge is 0.261 e. The van der Waals surface area contributed by atoms with Gasteiger partial charge in [-0.25, -0.2) is 0 Å². The lowest BCUT2D eigenvalue weighted by Gasteiger charge is -2.16. The van der Waals surface area contributed by atoms with Crippen molar-refractivity contribution in [3.8, 4) is 0 Å². The van der Waals surface area contributed by atoms with E-state index in [0.29, 0.717) is 6.42 Å². The molecule has 0 bridgehead atoms. The number of hydrogen-bond donors (Lipinski definition) is 0. The monoisotopic (exact) mass is 176 g/mol. The average molecular weight is 176 g/mol. The van der Waals surface area contributed by atoms with Gasteiger partial charge in [0.1, 0.15) is 0 Å². The molecular weight excluding hydrogens is 164 g/mol. The first-order valence-electron chi connectivity index (χ1n) is 4.10. The molecule has 0 saturated carbocycles. The van der Waals surface area contributed by atoms with E-state index in [2.05, 4.69) is 15.0 Å². The summed E-state index contributed by atoms with van der Waals surface area (Å²) >= 11 is 0. The van der Waals surface area contributed by atoms with Crippen molar-refractivity contribution >= 4 is 0 Å². The molecule has 1 aromatic rings. The molecule has 0 atom stereocenters. The molecular formula is C9H12N4. The molecule has 0 radical (unpaired) electrons. The van der Waals surface area contributed by atoms with E-state index < -0.39 is 5.54 Å². The molecule has 13 heavy (non-hydrogen) atoms. The number of pyridine rings is 1. The molecule has 4 heteroatoms. The second kappa shape index (κ2) is 3.92. The van der Waals surface area contributed by atoms with Gasteiger partial charge in [-0.1, -0.05) is 25.0 Å². The molecule has 1 aromatic heterocycles. The van der Waals surface area contributed by atoms with Crippen LogP contribution < -0.4 is 0 Å². The zero-order valence-electron chi connectivity index (χ0n) is 7.81. The average Bonchev–Trinajstić information content (AvgIpc) is 2.04. The first-order chi connectivity index (χ1) is 6.14. The Hall–Kier alpha value is -1.54. The summed E-state index contributed by atoms with van der Waals surface area (Å²) in [5.41, 5.74) is 8.86. The van der Waals surface area contributed by atoms with E-state index in [1.54, 1.807) is 6.20 Å². The highest BCUT2D eigenvalue weighted by Crippen LogP contribution is 2.15. The minimum absolute atomic E-state index is 0.400. The van der Waals surface area contributed by atoms with Gasteiger partial charge in [-0.15, -0.1) is 0 Å². The SMILES string of the molecule is CC(C)(Cc1ccccn1)N=[N+]=[N-]. The van der Waals surface area contributed by atoms with Crippen LogP contribution in [0.25, 0.3) is 10.4 Å². The smallest absolute Gasteiger partial charge is 0.0487 e. The quantitative estimate of drug-likeness (QED) is 0.396. The van der Waals surface area contributed by atoms with Crippen molar-refractivity contribution < 1.29 is 0 Å². The maximum absolute atomic E-state index is 8.32. The minimum Gasteiger partial charge on any atom is -0.261 e. The maximum Gasteiger partial charge on any atom is 0.0487 e. The molecule has 0 aliphatic heterocycles. The van der Waals surface area contributed by atoms with Gasteiger partial charge in [0.25, 0.3) is 0 Å². The summed E-state index contributed by atoms with van der Waals surface area (Å²) in [7, 11) is 0. The van der Waals surface area contributed by atoms with Crippen LogP contribution in [-0.2, 0) is 6.42 Å². The number of azide groups is 1. The Bertz CT molecular complexity index is 312. The van der Waals surface area contributed by atoms with Crippen LogP contribution in [0.5, 0.6) is 0 Å². The molecule has 1 rings (SSSR count). The third-order valence-electron chi connectivity index (χ3n) is 1.66. The van der Waals surface area contributed by atoms with E-state index in [1.807, 2.05) is 32.0 Å². The Morgan fingerprint density at radius 2 is 2.31 bits per heavy atom. The normalized spacial score (nSPS) is 10.6. The first-order valence-corrected chi connectivity index (χ1v) is 4.10. The van der Waals surface area contributed by atoms with Gasteiger partial charge in [-0.2, -0.15) is 0 Å². The standard InChI is InChI=1S/C9H12N4/c1-9(2,12-13-10)7-8-5-3-4-6-11-8/h3-6H,7H2,1-2H3. The summed E-state index contributed by atoms with van der Waals surface area (Å²) in [6.07, 6.45) is 2.40. The van der Waals surface area contributed by atoms with Crippen LogP contribution in [-0.4, -0.2) is 10.5 Å². The highest BCUT2D eigenvalue weighted by molar-refractivity contribution is 5.07. The number of aromatic nitrogens is 1. The summed E-state index contributed by atoms with van der Waals surface area (Å²) in [5.74, 6) is 0. The highest BCUT2D eigenvalue weighted by Gasteiger charge is 2.16. The van der Waals surface area contributed by atoms with Crippen LogP contribution in [0.3, 0.4) is 0 Å². The van der Waals surface area contributed by atoms with Crippen molar-refractivity contribution in [2.75, 3.05) is 0 Å². The fourth-order valence-corrected chi connectivity index (χ4v) is 1.10. The summed E-state index contributed by atoms with van der Waals surface area (Å²) in [4.78, 5) is 6.96. The van der Waals surface area contributed by atoms with Crippen LogP contribution in [0.4, 0.5) is 0 Å². The van der Waals surface area contributed by atoms with E-state index in [1.165, 1.54) is 0 Å². The van der Waals surface area contributed by atoms with E-state index in [-0.39, 0.29) is 0 Å². The fourth-order valence-electron chi connectivity index (χ4n) is 1.10. The minimum atomic E-state index is -0.400. The van der Waals surface area contributed by atoms with E-state index in [4.69, 9.17) is 5.53 Å². The Morgan fingerprint density at radius 3 is 2.85 bits per heavy atom. The second-order valence-corrected chi connectivity index (χ2v) is 3.50. The van der Waals surface area contributed by atoms with Gasteiger partial charge < -0.3 is 0 Å². The summed E-state index contributed by atoms with van der Waals surface area (Å²) in [5, 5.41) is 3.69. The van der Waals surface area contributed by atoms with Crippen molar-refractivity contribution in [1.82, 2.24) is 4.98 Å². The summed E-state index contributed by atoms with van der Waals surface area (Å²) < 4.78 is 0. The Kier molecular flexibility index (Phi) is 2.88. The van der Waals surface area contributed by atoms with E-state index in [0.717, 1.165) is 5.69 Å². The van der Waals surface area contributed by atoms with Crippen molar-refractivity contribution in [3.63, 3.8) is 0 Å². The lowest BCUT2D eigenvalue weighted by Crippen LogP contribution is -2.19. The van der Waals surface area contributed by atoms with Gasteiger partial charge >= 0.3 is 0 Å². The van der Waals surface area contributed by atoms with Gasteiger partial charge in [-0.3, -0.25) is 4.98 Å². The van der Waals surface area contributed by atoms with Crippen LogP contribution >= 0.6 is 0 Å². The van der Waals surface area contributed by atoms with Gasteiger partial charge in [0.2, 0.25) is 0 Å². The van der Waals surface area contributed by atoms with Gasteiger partial charge in [0, 0.05) is 28.8 Å². The molecule has 0 aliphatic rings. The number of rotatable bonds is 3. The topological polar surface area (TPSA) is 61.7 Å². The first kappa shape index (κ1) is 9.55. The fraction of sp³-hybridized carbons (Fsp3) is 0.444. The van der Waals surface area contributed by atoms with E-state index in [9.17, 15) is 0 Å². The zero-order valence-corrected chi connectivity index (χ0v) is 7.81. The molecule has 0 unspecified atom stereocenters. The molecule has 0 aromatic carbocycles. The molecule has 0 N–H and O–H groups in total. The summed E-state index contributed by atoms with van der Waals surface area (Å²) in [6.45, 7) is 3.78.